The molecule has 0 amide bonds. The highest BCUT2D eigenvalue weighted by Crippen LogP contribution is 2.04. The van der Waals surface area contributed by atoms with Gasteiger partial charge in [-0.05, 0) is 6.42 Å². The van der Waals surface area contributed by atoms with E-state index in [1.54, 1.807) is 6.07 Å². The topological polar surface area (TPSA) is 37.8 Å². The standard InChI is InChI=1S/C8H11BrFN3/c9-2-1-3-11-8-4-7(5-10)12-6-13-8/h4,6H,1-3,5H2,(H,11,12,13). The van der Waals surface area contributed by atoms with Gasteiger partial charge in [0.05, 0.1) is 5.69 Å². The second kappa shape index (κ2) is 5.85. The normalized spacial score (nSPS) is 10.0. The van der Waals surface area contributed by atoms with Crippen molar-refractivity contribution in [2.24, 2.45) is 0 Å². The highest BCUT2D eigenvalue weighted by molar-refractivity contribution is 9.09. The van der Waals surface area contributed by atoms with E-state index >= 15 is 0 Å². The molecule has 0 spiro atoms. The smallest absolute Gasteiger partial charge is 0.132 e. The van der Waals surface area contributed by atoms with Crippen LogP contribution < -0.4 is 5.32 Å². The molecule has 0 aliphatic heterocycles. The third-order valence-electron chi connectivity index (χ3n) is 1.48. The van der Waals surface area contributed by atoms with E-state index in [1.807, 2.05) is 0 Å². The number of anilines is 1. The third-order valence-corrected chi connectivity index (χ3v) is 2.04. The van der Waals surface area contributed by atoms with Crippen molar-refractivity contribution in [3.05, 3.63) is 18.1 Å². The van der Waals surface area contributed by atoms with Gasteiger partial charge in [-0.25, -0.2) is 14.4 Å². The number of hydrogen-bond donors (Lipinski definition) is 1. The van der Waals surface area contributed by atoms with Crippen molar-refractivity contribution < 1.29 is 4.39 Å². The van der Waals surface area contributed by atoms with Gasteiger partial charge < -0.3 is 5.32 Å². The molecule has 0 aromatic carbocycles. The van der Waals surface area contributed by atoms with Crippen molar-refractivity contribution in [1.29, 1.82) is 0 Å². The fourth-order valence-electron chi connectivity index (χ4n) is 0.851. The Morgan fingerprint density at radius 2 is 2.31 bits per heavy atom. The Morgan fingerprint density at radius 3 is 3.00 bits per heavy atom. The number of aromatic nitrogens is 2. The van der Waals surface area contributed by atoms with Gasteiger partial charge in [-0.15, -0.1) is 0 Å². The van der Waals surface area contributed by atoms with Crippen LogP contribution in [0.25, 0.3) is 0 Å². The summed E-state index contributed by atoms with van der Waals surface area (Å²) in [7, 11) is 0. The van der Waals surface area contributed by atoms with Crippen LogP contribution in [0.5, 0.6) is 0 Å². The van der Waals surface area contributed by atoms with Gasteiger partial charge in [-0.1, -0.05) is 15.9 Å². The molecule has 0 aliphatic rings. The molecule has 1 N–H and O–H groups in total. The van der Waals surface area contributed by atoms with Crippen LogP contribution in [-0.2, 0) is 6.67 Å². The van der Waals surface area contributed by atoms with Gasteiger partial charge in [0, 0.05) is 17.9 Å². The van der Waals surface area contributed by atoms with Crippen molar-refractivity contribution in [2.45, 2.75) is 13.1 Å². The lowest BCUT2D eigenvalue weighted by Gasteiger charge is -2.03. The monoisotopic (exact) mass is 247 g/mol. The minimum absolute atomic E-state index is 0.413. The summed E-state index contributed by atoms with van der Waals surface area (Å²) in [6.07, 6.45) is 2.38. The Balaban J connectivity index is 2.46. The lowest BCUT2D eigenvalue weighted by atomic mass is 10.4. The third kappa shape index (κ3) is 3.67. The first-order valence-corrected chi connectivity index (χ1v) is 5.15. The van der Waals surface area contributed by atoms with Gasteiger partial charge in [0.2, 0.25) is 0 Å². The molecule has 0 saturated heterocycles. The molecule has 1 aromatic rings. The van der Waals surface area contributed by atoms with Crippen molar-refractivity contribution >= 4 is 21.7 Å². The van der Waals surface area contributed by atoms with Crippen LogP contribution in [0.2, 0.25) is 0 Å². The molecule has 0 saturated carbocycles. The van der Waals surface area contributed by atoms with Gasteiger partial charge in [-0.2, -0.15) is 0 Å². The molecule has 1 rings (SSSR count). The van der Waals surface area contributed by atoms with Crippen LogP contribution in [-0.4, -0.2) is 21.8 Å². The van der Waals surface area contributed by atoms with Crippen molar-refractivity contribution in [3.8, 4) is 0 Å². The van der Waals surface area contributed by atoms with Gasteiger partial charge in [0.25, 0.3) is 0 Å². The Labute approximate surface area is 84.9 Å². The molecular weight excluding hydrogens is 237 g/mol. The van der Waals surface area contributed by atoms with Crippen LogP contribution in [0, 0.1) is 0 Å². The largest absolute Gasteiger partial charge is 0.370 e. The molecule has 0 bridgehead atoms. The van der Waals surface area contributed by atoms with E-state index in [1.165, 1.54) is 6.33 Å². The van der Waals surface area contributed by atoms with E-state index in [4.69, 9.17) is 0 Å². The fourth-order valence-corrected chi connectivity index (χ4v) is 1.13. The van der Waals surface area contributed by atoms with Crippen molar-refractivity contribution in [3.63, 3.8) is 0 Å². The van der Waals surface area contributed by atoms with Gasteiger partial charge >= 0.3 is 0 Å². The molecular formula is C8H11BrFN3. The zero-order valence-electron chi connectivity index (χ0n) is 7.13. The summed E-state index contributed by atoms with van der Waals surface area (Å²) >= 11 is 3.32. The minimum atomic E-state index is -0.546. The fraction of sp³-hybridized carbons (Fsp3) is 0.500. The molecule has 0 fully saturated rings. The average molecular weight is 248 g/mol. The number of rotatable bonds is 5. The summed E-state index contributed by atoms with van der Waals surface area (Å²) < 4.78 is 12.2. The maximum Gasteiger partial charge on any atom is 0.132 e. The number of hydrogen-bond acceptors (Lipinski definition) is 3. The summed E-state index contributed by atoms with van der Waals surface area (Å²) in [4.78, 5) is 7.71. The summed E-state index contributed by atoms with van der Waals surface area (Å²) in [6.45, 7) is 0.281. The first kappa shape index (κ1) is 10.4. The van der Waals surface area contributed by atoms with Gasteiger partial charge in [-0.3, -0.25) is 0 Å². The van der Waals surface area contributed by atoms with E-state index in [2.05, 4.69) is 31.2 Å². The van der Waals surface area contributed by atoms with Crippen LogP contribution in [0.4, 0.5) is 10.2 Å². The molecule has 72 valence electrons. The zero-order chi connectivity index (χ0) is 9.52. The van der Waals surface area contributed by atoms with E-state index in [-0.39, 0.29) is 0 Å². The number of nitrogens with zero attached hydrogens (tertiary/aromatic N) is 2. The summed E-state index contributed by atoms with van der Waals surface area (Å²) in [5, 5.41) is 4.02. The Kier molecular flexibility index (Phi) is 4.67. The molecule has 1 heterocycles. The molecule has 5 heteroatoms. The van der Waals surface area contributed by atoms with E-state index in [0.29, 0.717) is 11.5 Å². The molecule has 1 aromatic heterocycles. The van der Waals surface area contributed by atoms with E-state index < -0.39 is 6.67 Å². The van der Waals surface area contributed by atoms with Crippen LogP contribution in [0.1, 0.15) is 12.1 Å². The van der Waals surface area contributed by atoms with E-state index in [0.717, 1.165) is 18.3 Å². The number of nitrogens with one attached hydrogen (secondary N) is 1. The highest BCUT2D eigenvalue weighted by atomic mass is 79.9. The van der Waals surface area contributed by atoms with Gasteiger partial charge in [0.1, 0.15) is 18.8 Å². The maximum absolute atomic E-state index is 12.2. The molecule has 0 unspecified atom stereocenters. The molecule has 0 aliphatic carbocycles. The van der Waals surface area contributed by atoms with Crippen molar-refractivity contribution in [1.82, 2.24) is 9.97 Å². The molecule has 0 radical (unpaired) electrons. The average Bonchev–Trinajstić information content (AvgIpc) is 2.19. The first-order valence-electron chi connectivity index (χ1n) is 4.03. The SMILES string of the molecule is FCc1cc(NCCCBr)ncn1. The summed E-state index contributed by atoms with van der Waals surface area (Å²) in [6, 6.07) is 1.62. The maximum atomic E-state index is 12.2. The predicted octanol–water partition coefficient (Wildman–Crippen LogP) is 2.14. The van der Waals surface area contributed by atoms with Crippen LogP contribution in [0.3, 0.4) is 0 Å². The Hall–Kier alpha value is -0.710. The number of halogens is 2. The second-order valence-corrected chi connectivity index (χ2v) is 3.29. The quantitative estimate of drug-likeness (QED) is 0.640. The lowest BCUT2D eigenvalue weighted by Crippen LogP contribution is -2.04. The highest BCUT2D eigenvalue weighted by Gasteiger charge is 1.96. The summed E-state index contributed by atoms with van der Waals surface area (Å²) in [5.41, 5.74) is 0.413. The van der Waals surface area contributed by atoms with Crippen molar-refractivity contribution in [2.75, 3.05) is 17.2 Å². The van der Waals surface area contributed by atoms with Gasteiger partial charge in [0.15, 0.2) is 0 Å². The Morgan fingerprint density at radius 1 is 1.46 bits per heavy atom. The predicted molar refractivity (Wildman–Crippen MR) is 53.7 cm³/mol. The molecule has 13 heavy (non-hydrogen) atoms. The molecule has 0 atom stereocenters. The summed E-state index contributed by atoms with van der Waals surface area (Å²) in [5.74, 6) is 0.684. The van der Waals surface area contributed by atoms with Crippen LogP contribution >= 0.6 is 15.9 Å². The second-order valence-electron chi connectivity index (χ2n) is 2.50. The molecule has 3 nitrogen and oxygen atoms in total. The lowest BCUT2D eigenvalue weighted by molar-refractivity contribution is 0.475. The van der Waals surface area contributed by atoms with E-state index in [9.17, 15) is 4.39 Å². The Bertz CT molecular complexity index is 257. The minimum Gasteiger partial charge on any atom is -0.370 e. The number of alkyl halides is 2. The first-order chi connectivity index (χ1) is 6.36. The van der Waals surface area contributed by atoms with Crippen LogP contribution in [0.15, 0.2) is 12.4 Å². The zero-order valence-corrected chi connectivity index (χ0v) is 8.72.